The molecule has 3 fully saturated rings. The first-order chi connectivity index (χ1) is 15.1. The number of carbonyl (C=O) groups is 1. The molecule has 5 nitrogen and oxygen atoms in total. The monoisotopic (exact) mass is 425 g/mol. The highest BCUT2D eigenvalue weighted by molar-refractivity contribution is 5.81. The van der Waals surface area contributed by atoms with Gasteiger partial charge >= 0.3 is 0 Å². The van der Waals surface area contributed by atoms with E-state index in [9.17, 15) is 4.79 Å². The van der Waals surface area contributed by atoms with Crippen molar-refractivity contribution in [3.8, 4) is 5.75 Å². The van der Waals surface area contributed by atoms with E-state index in [1.807, 2.05) is 0 Å². The minimum absolute atomic E-state index is 0.00412. The number of piperidine rings is 2. The summed E-state index contributed by atoms with van der Waals surface area (Å²) in [5.74, 6) is 2.66. The molecule has 1 aromatic carbocycles. The second kappa shape index (κ2) is 8.74. The first-order valence-corrected chi connectivity index (χ1v) is 12.5. The molecule has 0 unspecified atom stereocenters. The highest BCUT2D eigenvalue weighted by Crippen LogP contribution is 2.52. The molecule has 5 heteroatoms. The fourth-order valence-electron chi connectivity index (χ4n) is 6.61. The second-order valence-electron chi connectivity index (χ2n) is 10.5. The van der Waals surface area contributed by atoms with Gasteiger partial charge in [0.05, 0.1) is 13.2 Å². The van der Waals surface area contributed by atoms with Crippen LogP contribution in [0.4, 0.5) is 0 Å². The average Bonchev–Trinajstić information content (AvgIpc) is 3.62. The normalized spacial score (nSPS) is 32.9. The molecule has 1 saturated carbocycles. The third-order valence-electron chi connectivity index (χ3n) is 8.73. The molecule has 2 bridgehead atoms. The predicted molar refractivity (Wildman–Crippen MR) is 124 cm³/mol. The number of rotatable bonds is 7. The van der Waals surface area contributed by atoms with E-state index in [-0.39, 0.29) is 17.4 Å². The Balaban J connectivity index is 1.36. The van der Waals surface area contributed by atoms with Gasteiger partial charge in [0.25, 0.3) is 0 Å². The Morgan fingerprint density at radius 3 is 2.90 bits per heavy atom. The molecule has 2 N–H and O–H groups in total. The van der Waals surface area contributed by atoms with Crippen molar-refractivity contribution in [3.63, 3.8) is 0 Å². The quantitative estimate of drug-likeness (QED) is 0.704. The van der Waals surface area contributed by atoms with Gasteiger partial charge in [0.2, 0.25) is 5.91 Å². The summed E-state index contributed by atoms with van der Waals surface area (Å²) in [5.41, 5.74) is 3.09. The van der Waals surface area contributed by atoms with E-state index in [1.54, 1.807) is 7.11 Å². The maximum absolute atomic E-state index is 12.7. The van der Waals surface area contributed by atoms with Crippen molar-refractivity contribution >= 4 is 5.91 Å². The van der Waals surface area contributed by atoms with Crippen LogP contribution in [0.1, 0.15) is 63.0 Å². The van der Waals surface area contributed by atoms with Crippen LogP contribution in [0.5, 0.6) is 5.75 Å². The number of hydrogen-bond donors (Lipinski definition) is 2. The topological polar surface area (TPSA) is 53.6 Å². The zero-order chi connectivity index (χ0) is 21.4. The Kier molecular flexibility index (Phi) is 6.00. The predicted octanol–water partition coefficient (Wildman–Crippen LogP) is 3.26. The van der Waals surface area contributed by atoms with Gasteiger partial charge in [-0.25, -0.2) is 0 Å². The standard InChI is InChI=1S/C26H39N3O2/c1-18-24-15-20-8-9-21(31-2)16-22(20)26(18,11-14-29(24)17-19-6-7-19)10-13-28-25(30)23-5-3-4-12-27-23/h8-9,16,18-19,23-24,27H,3-7,10-15,17H2,1-2H3,(H,28,30)/t18-,23-,24+,26-/m0/s1. The lowest BCUT2D eigenvalue weighted by atomic mass is 9.56. The summed E-state index contributed by atoms with van der Waals surface area (Å²) in [6.45, 7) is 6.65. The van der Waals surface area contributed by atoms with Gasteiger partial charge in [-0.15, -0.1) is 0 Å². The molecule has 1 amide bonds. The smallest absolute Gasteiger partial charge is 0.237 e. The van der Waals surface area contributed by atoms with Gasteiger partial charge in [0.15, 0.2) is 0 Å². The van der Waals surface area contributed by atoms with Crippen LogP contribution in [0, 0.1) is 11.8 Å². The van der Waals surface area contributed by atoms with Gasteiger partial charge in [0, 0.05) is 24.5 Å². The molecule has 31 heavy (non-hydrogen) atoms. The van der Waals surface area contributed by atoms with Gasteiger partial charge in [-0.1, -0.05) is 19.4 Å². The molecule has 0 spiro atoms. The Labute approximate surface area is 187 Å². The number of methoxy groups -OCH3 is 1. The van der Waals surface area contributed by atoms with E-state index in [0.29, 0.717) is 12.0 Å². The van der Waals surface area contributed by atoms with Crippen LogP contribution in [0.2, 0.25) is 0 Å². The van der Waals surface area contributed by atoms with Crippen LogP contribution in [-0.2, 0) is 16.6 Å². The number of ether oxygens (including phenoxy) is 1. The molecular weight excluding hydrogens is 386 g/mol. The van der Waals surface area contributed by atoms with E-state index in [1.165, 1.54) is 49.9 Å². The molecular formula is C26H39N3O2. The van der Waals surface area contributed by atoms with Crippen molar-refractivity contribution in [2.24, 2.45) is 11.8 Å². The molecule has 5 rings (SSSR count). The SMILES string of the molecule is COc1ccc2c(c1)[C@@]1(CCNC(=O)[C@@H]3CCCCN3)CCN(CC3CC3)[C@H](C2)[C@@H]1C. The molecule has 4 aliphatic rings. The van der Waals surface area contributed by atoms with Crippen molar-refractivity contribution in [3.05, 3.63) is 29.3 Å². The second-order valence-corrected chi connectivity index (χ2v) is 10.5. The number of fused-ring (bicyclic) bond motifs is 4. The van der Waals surface area contributed by atoms with Gasteiger partial charge in [0.1, 0.15) is 5.75 Å². The van der Waals surface area contributed by atoms with Crippen LogP contribution in [0.15, 0.2) is 18.2 Å². The first kappa shape index (κ1) is 21.3. The van der Waals surface area contributed by atoms with E-state index in [2.05, 4.69) is 40.7 Å². The summed E-state index contributed by atoms with van der Waals surface area (Å²) < 4.78 is 5.61. The third-order valence-corrected chi connectivity index (χ3v) is 8.73. The summed E-state index contributed by atoms with van der Waals surface area (Å²) in [6.07, 6.45) is 9.46. The van der Waals surface area contributed by atoms with E-state index in [0.717, 1.165) is 50.4 Å². The number of nitrogens with one attached hydrogen (secondary N) is 2. The number of likely N-dealkylation sites (tertiary alicyclic amines) is 1. The number of amides is 1. The number of hydrogen-bond acceptors (Lipinski definition) is 4. The van der Waals surface area contributed by atoms with Crippen LogP contribution in [0.3, 0.4) is 0 Å². The number of nitrogens with zero attached hydrogens (tertiary/aromatic N) is 1. The number of benzene rings is 1. The lowest BCUT2D eigenvalue weighted by Gasteiger charge is -2.56. The maximum atomic E-state index is 12.7. The summed E-state index contributed by atoms with van der Waals surface area (Å²) >= 11 is 0. The molecule has 0 aromatic heterocycles. The lowest BCUT2D eigenvalue weighted by molar-refractivity contribution is -0.123. The first-order valence-electron chi connectivity index (χ1n) is 12.5. The van der Waals surface area contributed by atoms with Crippen LogP contribution < -0.4 is 15.4 Å². The summed E-state index contributed by atoms with van der Waals surface area (Å²) in [7, 11) is 1.76. The Bertz CT molecular complexity index is 802. The van der Waals surface area contributed by atoms with Crippen molar-refractivity contribution in [2.45, 2.75) is 75.8 Å². The molecule has 2 aliphatic heterocycles. The summed E-state index contributed by atoms with van der Waals surface area (Å²) in [5, 5.41) is 6.67. The molecule has 2 heterocycles. The fourth-order valence-corrected chi connectivity index (χ4v) is 6.61. The molecule has 4 atom stereocenters. The molecule has 2 aliphatic carbocycles. The van der Waals surface area contributed by atoms with Crippen molar-refractivity contribution < 1.29 is 9.53 Å². The van der Waals surface area contributed by atoms with Crippen molar-refractivity contribution in [1.82, 2.24) is 15.5 Å². The largest absolute Gasteiger partial charge is 0.497 e. The minimum Gasteiger partial charge on any atom is -0.497 e. The van der Waals surface area contributed by atoms with Crippen molar-refractivity contribution in [2.75, 3.05) is 33.3 Å². The lowest BCUT2D eigenvalue weighted by Crippen LogP contribution is -2.60. The minimum atomic E-state index is -0.00412. The highest BCUT2D eigenvalue weighted by Gasteiger charge is 2.51. The zero-order valence-corrected chi connectivity index (χ0v) is 19.3. The Hall–Kier alpha value is -1.59. The van der Waals surface area contributed by atoms with E-state index < -0.39 is 0 Å². The Morgan fingerprint density at radius 1 is 1.29 bits per heavy atom. The zero-order valence-electron chi connectivity index (χ0n) is 19.3. The summed E-state index contributed by atoms with van der Waals surface area (Å²) in [4.78, 5) is 15.5. The van der Waals surface area contributed by atoms with Crippen molar-refractivity contribution in [1.29, 1.82) is 0 Å². The van der Waals surface area contributed by atoms with Gasteiger partial charge < -0.3 is 15.4 Å². The van der Waals surface area contributed by atoms with Gasteiger partial charge in [-0.3, -0.25) is 9.69 Å². The van der Waals surface area contributed by atoms with E-state index >= 15 is 0 Å². The Morgan fingerprint density at radius 2 is 2.16 bits per heavy atom. The average molecular weight is 426 g/mol. The van der Waals surface area contributed by atoms with Crippen LogP contribution in [-0.4, -0.2) is 56.2 Å². The molecule has 2 saturated heterocycles. The maximum Gasteiger partial charge on any atom is 0.237 e. The fraction of sp³-hybridized carbons (Fsp3) is 0.731. The van der Waals surface area contributed by atoms with Gasteiger partial charge in [-0.2, -0.15) is 0 Å². The molecule has 1 aromatic rings. The third kappa shape index (κ3) is 4.11. The van der Waals surface area contributed by atoms with E-state index in [4.69, 9.17) is 4.74 Å². The molecule has 170 valence electrons. The van der Waals surface area contributed by atoms with Gasteiger partial charge in [-0.05, 0) is 93.1 Å². The number of carbonyl (C=O) groups excluding carboxylic acids is 1. The highest BCUT2D eigenvalue weighted by atomic mass is 16.5. The van der Waals surface area contributed by atoms with Crippen LogP contribution >= 0.6 is 0 Å². The summed E-state index contributed by atoms with van der Waals surface area (Å²) in [6, 6.07) is 7.33. The van der Waals surface area contributed by atoms with Crippen LogP contribution in [0.25, 0.3) is 0 Å². The molecule has 0 radical (unpaired) electrons.